The summed E-state index contributed by atoms with van der Waals surface area (Å²) in [6, 6.07) is 3.07. The number of pyridine rings is 1. The van der Waals surface area contributed by atoms with E-state index in [9.17, 15) is 14.9 Å². The standard InChI is InChI=1S/C12H15N3O4/c1-8(9-4-5-9)14-11(16)7-19-10-3-2-6-13-12(10)15(17)18/h2-3,6,8-9H,4-5,7H2,1H3,(H,14,16)/t8-/m0/s1. The molecule has 0 aliphatic heterocycles. The minimum absolute atomic E-state index is 0.00160. The zero-order valence-electron chi connectivity index (χ0n) is 10.5. The van der Waals surface area contributed by atoms with Crippen LogP contribution in [0.4, 0.5) is 5.82 Å². The second kappa shape index (κ2) is 5.64. The molecule has 1 aliphatic carbocycles. The summed E-state index contributed by atoms with van der Waals surface area (Å²) in [4.78, 5) is 25.3. The number of aromatic nitrogens is 1. The van der Waals surface area contributed by atoms with Gasteiger partial charge in [-0.25, -0.2) is 0 Å². The molecule has 0 spiro atoms. The molecule has 1 atom stereocenters. The van der Waals surface area contributed by atoms with Gasteiger partial charge >= 0.3 is 5.82 Å². The largest absolute Gasteiger partial charge is 0.476 e. The zero-order valence-corrected chi connectivity index (χ0v) is 10.5. The molecule has 1 N–H and O–H groups in total. The Labute approximate surface area is 110 Å². The van der Waals surface area contributed by atoms with Crippen molar-refractivity contribution in [2.24, 2.45) is 5.92 Å². The van der Waals surface area contributed by atoms with Gasteiger partial charge in [0.2, 0.25) is 5.75 Å². The number of carbonyl (C=O) groups is 1. The smallest absolute Gasteiger partial charge is 0.406 e. The molecule has 2 rings (SSSR count). The number of nitrogens with zero attached hydrogens (tertiary/aromatic N) is 2. The van der Waals surface area contributed by atoms with Gasteiger partial charge in [-0.2, -0.15) is 0 Å². The summed E-state index contributed by atoms with van der Waals surface area (Å²) in [6.07, 6.45) is 3.58. The molecule has 1 saturated carbocycles. The molecule has 1 heterocycles. The third-order valence-electron chi connectivity index (χ3n) is 3.00. The van der Waals surface area contributed by atoms with Crippen LogP contribution in [0.25, 0.3) is 0 Å². The Morgan fingerprint density at radius 1 is 1.68 bits per heavy atom. The highest BCUT2D eigenvalue weighted by molar-refractivity contribution is 5.78. The van der Waals surface area contributed by atoms with Crippen molar-refractivity contribution < 1.29 is 14.5 Å². The molecule has 102 valence electrons. The van der Waals surface area contributed by atoms with Crippen molar-refractivity contribution in [3.63, 3.8) is 0 Å². The van der Waals surface area contributed by atoms with Gasteiger partial charge < -0.3 is 20.2 Å². The van der Waals surface area contributed by atoms with Crippen LogP contribution in [-0.2, 0) is 4.79 Å². The highest BCUT2D eigenvalue weighted by Crippen LogP contribution is 2.32. The molecule has 0 aromatic carbocycles. The van der Waals surface area contributed by atoms with Crippen LogP contribution in [0.3, 0.4) is 0 Å². The molecule has 0 bridgehead atoms. The van der Waals surface area contributed by atoms with Gasteiger partial charge in [-0.1, -0.05) is 0 Å². The molecular weight excluding hydrogens is 250 g/mol. The van der Waals surface area contributed by atoms with Gasteiger partial charge in [0, 0.05) is 6.04 Å². The van der Waals surface area contributed by atoms with Crippen LogP contribution in [0.2, 0.25) is 0 Å². The Balaban J connectivity index is 1.87. The molecule has 1 amide bonds. The Hall–Kier alpha value is -2.18. The predicted molar refractivity (Wildman–Crippen MR) is 66.7 cm³/mol. The van der Waals surface area contributed by atoms with Gasteiger partial charge in [0.25, 0.3) is 5.91 Å². The maximum atomic E-state index is 11.6. The molecule has 1 aliphatic rings. The maximum Gasteiger partial charge on any atom is 0.406 e. The number of amides is 1. The van der Waals surface area contributed by atoms with E-state index in [0.29, 0.717) is 5.92 Å². The normalized spacial score (nSPS) is 15.6. The third-order valence-corrected chi connectivity index (χ3v) is 3.00. The number of rotatable bonds is 6. The van der Waals surface area contributed by atoms with Gasteiger partial charge in [-0.3, -0.25) is 4.79 Å². The third kappa shape index (κ3) is 3.64. The van der Waals surface area contributed by atoms with E-state index in [2.05, 4.69) is 10.3 Å². The Kier molecular flexibility index (Phi) is 3.94. The first-order valence-electron chi connectivity index (χ1n) is 6.09. The summed E-state index contributed by atoms with van der Waals surface area (Å²) in [5, 5.41) is 13.5. The van der Waals surface area contributed by atoms with Crippen LogP contribution in [0.15, 0.2) is 18.3 Å². The van der Waals surface area contributed by atoms with Crippen LogP contribution < -0.4 is 10.1 Å². The number of ether oxygens (including phenoxy) is 1. The number of nitro groups is 1. The molecule has 1 fully saturated rings. The Morgan fingerprint density at radius 2 is 2.42 bits per heavy atom. The molecule has 0 saturated heterocycles. The minimum atomic E-state index is -0.639. The summed E-state index contributed by atoms with van der Waals surface area (Å²) in [5.41, 5.74) is 0. The maximum absolute atomic E-state index is 11.6. The quantitative estimate of drug-likeness (QED) is 0.617. The Morgan fingerprint density at radius 3 is 3.05 bits per heavy atom. The van der Waals surface area contributed by atoms with E-state index < -0.39 is 4.92 Å². The molecule has 0 radical (unpaired) electrons. The molecule has 1 aromatic heterocycles. The lowest BCUT2D eigenvalue weighted by Gasteiger charge is -2.13. The summed E-state index contributed by atoms with van der Waals surface area (Å²) >= 11 is 0. The van der Waals surface area contributed by atoms with Crippen molar-refractivity contribution in [2.45, 2.75) is 25.8 Å². The van der Waals surface area contributed by atoms with Gasteiger partial charge in [0.15, 0.2) is 6.61 Å². The van der Waals surface area contributed by atoms with Crippen molar-refractivity contribution in [2.75, 3.05) is 6.61 Å². The van der Waals surface area contributed by atoms with Crippen molar-refractivity contribution in [1.82, 2.24) is 10.3 Å². The number of nitrogens with one attached hydrogen (secondary N) is 1. The Bertz CT molecular complexity index is 488. The van der Waals surface area contributed by atoms with E-state index in [1.807, 2.05) is 6.92 Å². The average Bonchev–Trinajstić information content (AvgIpc) is 3.20. The fourth-order valence-corrected chi connectivity index (χ4v) is 1.78. The van der Waals surface area contributed by atoms with Crippen molar-refractivity contribution in [3.05, 3.63) is 28.4 Å². The summed E-state index contributed by atoms with van der Waals surface area (Å²) in [7, 11) is 0. The summed E-state index contributed by atoms with van der Waals surface area (Å²) < 4.78 is 5.15. The van der Waals surface area contributed by atoms with Gasteiger partial charge in [-0.05, 0) is 47.7 Å². The first-order chi connectivity index (χ1) is 9.08. The van der Waals surface area contributed by atoms with Crippen LogP contribution in [0.1, 0.15) is 19.8 Å². The summed E-state index contributed by atoms with van der Waals surface area (Å²) in [6.45, 7) is 1.70. The fraction of sp³-hybridized carbons (Fsp3) is 0.500. The van der Waals surface area contributed by atoms with E-state index in [1.54, 1.807) is 0 Å². The molecule has 7 heteroatoms. The number of hydrogen-bond donors (Lipinski definition) is 1. The van der Waals surface area contributed by atoms with E-state index in [-0.39, 0.29) is 30.1 Å². The fourth-order valence-electron chi connectivity index (χ4n) is 1.78. The highest BCUT2D eigenvalue weighted by Gasteiger charge is 2.29. The van der Waals surface area contributed by atoms with E-state index >= 15 is 0 Å². The average molecular weight is 265 g/mol. The zero-order chi connectivity index (χ0) is 13.8. The van der Waals surface area contributed by atoms with Crippen LogP contribution >= 0.6 is 0 Å². The SMILES string of the molecule is C[C@H](NC(=O)COc1cccnc1[N+](=O)[O-])C1CC1. The van der Waals surface area contributed by atoms with Gasteiger partial charge in [0.1, 0.15) is 6.20 Å². The highest BCUT2D eigenvalue weighted by atomic mass is 16.6. The molecule has 7 nitrogen and oxygen atoms in total. The lowest BCUT2D eigenvalue weighted by Crippen LogP contribution is -2.37. The molecule has 0 unspecified atom stereocenters. The second-order valence-electron chi connectivity index (χ2n) is 4.56. The van der Waals surface area contributed by atoms with E-state index in [0.717, 1.165) is 12.8 Å². The second-order valence-corrected chi connectivity index (χ2v) is 4.56. The predicted octanol–water partition coefficient (Wildman–Crippen LogP) is 1.28. The van der Waals surface area contributed by atoms with Crippen molar-refractivity contribution >= 4 is 11.7 Å². The molecule has 19 heavy (non-hydrogen) atoms. The lowest BCUT2D eigenvalue weighted by atomic mass is 10.2. The monoisotopic (exact) mass is 265 g/mol. The van der Waals surface area contributed by atoms with E-state index in [4.69, 9.17) is 4.74 Å². The van der Waals surface area contributed by atoms with E-state index in [1.165, 1.54) is 18.3 Å². The van der Waals surface area contributed by atoms with Crippen molar-refractivity contribution in [1.29, 1.82) is 0 Å². The molecular formula is C12H15N3O4. The first kappa shape index (κ1) is 13.3. The van der Waals surface area contributed by atoms with Crippen LogP contribution in [-0.4, -0.2) is 28.5 Å². The van der Waals surface area contributed by atoms with Crippen LogP contribution in [0.5, 0.6) is 5.75 Å². The van der Waals surface area contributed by atoms with Crippen LogP contribution in [0, 0.1) is 16.0 Å². The van der Waals surface area contributed by atoms with Crippen molar-refractivity contribution in [3.8, 4) is 5.75 Å². The number of hydrogen-bond acceptors (Lipinski definition) is 5. The summed E-state index contributed by atoms with van der Waals surface area (Å²) in [5.74, 6) is -0.110. The first-order valence-corrected chi connectivity index (χ1v) is 6.09. The minimum Gasteiger partial charge on any atom is -0.476 e. The molecule has 1 aromatic rings. The van der Waals surface area contributed by atoms with Gasteiger partial charge in [0.05, 0.1) is 0 Å². The van der Waals surface area contributed by atoms with Gasteiger partial charge in [-0.15, -0.1) is 0 Å². The number of carbonyl (C=O) groups excluding carboxylic acids is 1. The lowest BCUT2D eigenvalue weighted by molar-refractivity contribution is -0.390. The topological polar surface area (TPSA) is 94.4 Å².